The Morgan fingerprint density at radius 3 is 1.42 bits per heavy atom. The molecule has 0 amide bonds. The number of hydrogen-bond acceptors (Lipinski definition) is 16. The second-order valence-electron chi connectivity index (χ2n) is 12.3. The van der Waals surface area contributed by atoms with Gasteiger partial charge >= 0.3 is 29.8 Å². The molecule has 2 aliphatic heterocycles. The Morgan fingerprint density at radius 1 is 0.509 bits per heavy atom. The summed E-state index contributed by atoms with van der Waals surface area (Å²) < 4.78 is 65.1. The van der Waals surface area contributed by atoms with Crippen LogP contribution in [0.15, 0.2) is 60.7 Å². The molecule has 0 radical (unpaired) electrons. The molecule has 0 saturated carbocycles. The fourth-order valence-corrected chi connectivity index (χ4v) is 5.92. The summed E-state index contributed by atoms with van der Waals surface area (Å²) in [7, 11) is 1.42. The fraction of sp³-hybridized carbons (Fsp3) is 0.541. The van der Waals surface area contributed by atoms with E-state index in [1.807, 2.05) is 60.7 Å². The van der Waals surface area contributed by atoms with Gasteiger partial charge in [0.1, 0.15) is 43.7 Å². The summed E-state index contributed by atoms with van der Waals surface area (Å²) in [5, 5.41) is 0. The molecule has 290 valence electrons. The maximum atomic E-state index is 12.5. The molecule has 16 nitrogen and oxygen atoms in total. The lowest BCUT2D eigenvalue weighted by atomic mass is 9.96. The van der Waals surface area contributed by atoms with Crippen molar-refractivity contribution in [3.05, 3.63) is 71.8 Å². The van der Waals surface area contributed by atoms with Gasteiger partial charge < -0.3 is 52.1 Å². The van der Waals surface area contributed by atoms with E-state index in [0.29, 0.717) is 0 Å². The zero-order valence-electron chi connectivity index (χ0n) is 30.4. The number of carbonyl (C=O) groups excluding carboxylic acids is 5. The highest BCUT2D eigenvalue weighted by atomic mass is 16.8. The number of methoxy groups -OCH3 is 1. The lowest BCUT2D eigenvalue weighted by molar-refractivity contribution is -0.366. The molecule has 53 heavy (non-hydrogen) atoms. The lowest BCUT2D eigenvalue weighted by Crippen LogP contribution is -2.67. The zero-order valence-corrected chi connectivity index (χ0v) is 30.4. The summed E-state index contributed by atoms with van der Waals surface area (Å²) in [5.41, 5.74) is 1.64. The van der Waals surface area contributed by atoms with E-state index in [1.165, 1.54) is 21.0 Å². The van der Waals surface area contributed by atoms with E-state index in [1.54, 1.807) is 0 Å². The third-order valence-corrected chi connectivity index (χ3v) is 8.08. The number of esters is 5. The first-order chi connectivity index (χ1) is 25.4. The lowest BCUT2D eigenvalue weighted by Gasteiger charge is -2.49. The first-order valence-electron chi connectivity index (χ1n) is 16.9. The minimum atomic E-state index is -1.61. The van der Waals surface area contributed by atoms with Crippen molar-refractivity contribution in [1.29, 1.82) is 0 Å². The summed E-state index contributed by atoms with van der Waals surface area (Å²) in [6.07, 6.45) is -12.8. The van der Waals surface area contributed by atoms with E-state index in [-0.39, 0.29) is 19.8 Å². The number of benzene rings is 2. The number of carbonyl (C=O) groups is 5. The molecule has 2 saturated heterocycles. The van der Waals surface area contributed by atoms with Crippen molar-refractivity contribution in [1.82, 2.24) is 0 Å². The fourth-order valence-electron chi connectivity index (χ4n) is 5.92. The van der Waals surface area contributed by atoms with Crippen LogP contribution < -0.4 is 0 Å². The topological polar surface area (TPSA) is 187 Å². The van der Waals surface area contributed by atoms with Gasteiger partial charge in [0.2, 0.25) is 0 Å². The van der Waals surface area contributed by atoms with Crippen LogP contribution in [-0.4, -0.2) is 112 Å². The van der Waals surface area contributed by atoms with Gasteiger partial charge in [-0.25, -0.2) is 0 Å². The minimum absolute atomic E-state index is 0.0614. The summed E-state index contributed by atoms with van der Waals surface area (Å²) in [6, 6.07) is 18.6. The van der Waals surface area contributed by atoms with Crippen molar-refractivity contribution in [2.24, 2.45) is 0 Å². The van der Waals surface area contributed by atoms with Crippen molar-refractivity contribution >= 4 is 29.8 Å². The standard InChI is InChI=1S/C37H46O16/c1-21(38)44-19-28-30(32(46-17-26-13-9-7-10-14-26)34(36(43-6)51-28)47-18-27-15-11-8-12-16-27)53-37-35(50-25(5)42)33(49-24(4)41)31(48-23(3)40)29(52-37)20-45-22(2)39/h7-16,28-37H,17-20H2,1-6H3/t28?,29?,30-,31+,32+,33+,34?,35?,36+,37+/m1/s1. The molecule has 4 rings (SSSR count). The molecule has 0 spiro atoms. The molecule has 2 heterocycles. The van der Waals surface area contributed by atoms with Gasteiger partial charge in [-0.05, 0) is 11.1 Å². The summed E-state index contributed by atoms with van der Waals surface area (Å²) >= 11 is 0. The van der Waals surface area contributed by atoms with E-state index >= 15 is 0 Å². The van der Waals surface area contributed by atoms with Crippen LogP contribution in [0.3, 0.4) is 0 Å². The average molecular weight is 747 g/mol. The smallest absolute Gasteiger partial charge is 0.303 e. The number of ether oxygens (including phenoxy) is 11. The van der Waals surface area contributed by atoms with Gasteiger partial charge in [0.05, 0.1) is 13.2 Å². The highest BCUT2D eigenvalue weighted by Crippen LogP contribution is 2.36. The quantitative estimate of drug-likeness (QED) is 0.180. The molecule has 16 heteroatoms. The van der Waals surface area contributed by atoms with Crippen LogP contribution in [0.1, 0.15) is 45.7 Å². The zero-order chi connectivity index (χ0) is 38.5. The van der Waals surface area contributed by atoms with Crippen LogP contribution in [-0.2, 0) is 89.3 Å². The second-order valence-corrected chi connectivity index (χ2v) is 12.3. The van der Waals surface area contributed by atoms with Gasteiger partial charge in [0.15, 0.2) is 30.9 Å². The highest BCUT2D eigenvalue weighted by Gasteiger charge is 2.56. The van der Waals surface area contributed by atoms with Gasteiger partial charge in [0, 0.05) is 41.7 Å². The normalized spacial score (nSPS) is 28.3. The number of hydrogen-bond donors (Lipinski definition) is 0. The summed E-state index contributed by atoms with van der Waals surface area (Å²) in [5.74, 6) is -3.71. The molecule has 4 unspecified atom stereocenters. The van der Waals surface area contributed by atoms with E-state index in [4.69, 9.17) is 52.1 Å². The maximum Gasteiger partial charge on any atom is 0.303 e. The van der Waals surface area contributed by atoms with Crippen LogP contribution in [0.2, 0.25) is 0 Å². The molecule has 2 aromatic carbocycles. The second kappa shape index (κ2) is 20.1. The maximum absolute atomic E-state index is 12.5. The number of rotatable bonds is 16. The molecule has 2 fully saturated rings. The van der Waals surface area contributed by atoms with Gasteiger partial charge in [-0.2, -0.15) is 0 Å². The minimum Gasteiger partial charge on any atom is -0.463 e. The predicted molar refractivity (Wildman–Crippen MR) is 179 cm³/mol. The van der Waals surface area contributed by atoms with Crippen molar-refractivity contribution in [3.63, 3.8) is 0 Å². The molecule has 0 aliphatic carbocycles. The largest absolute Gasteiger partial charge is 0.463 e. The predicted octanol–water partition coefficient (Wildman–Crippen LogP) is 2.56. The molecule has 0 aromatic heterocycles. The van der Waals surface area contributed by atoms with Gasteiger partial charge in [0.25, 0.3) is 0 Å². The average Bonchev–Trinajstić information content (AvgIpc) is 3.11. The molecule has 2 aromatic rings. The molecular formula is C37H46O16. The van der Waals surface area contributed by atoms with E-state index < -0.39 is 97.9 Å². The Hall–Kier alpha value is -4.45. The third-order valence-electron chi connectivity index (χ3n) is 8.08. The van der Waals surface area contributed by atoms with E-state index in [0.717, 1.165) is 31.9 Å². The van der Waals surface area contributed by atoms with Crippen LogP contribution in [0, 0.1) is 0 Å². The van der Waals surface area contributed by atoms with Gasteiger partial charge in [-0.15, -0.1) is 0 Å². The first-order valence-corrected chi connectivity index (χ1v) is 16.9. The summed E-state index contributed by atoms with van der Waals surface area (Å²) in [4.78, 5) is 61.1. The van der Waals surface area contributed by atoms with E-state index in [9.17, 15) is 24.0 Å². The Kier molecular flexibility index (Phi) is 15.7. The third kappa shape index (κ3) is 12.3. The molecular weight excluding hydrogens is 700 g/mol. The van der Waals surface area contributed by atoms with Crippen LogP contribution in [0.25, 0.3) is 0 Å². The Labute approximate surface area is 307 Å². The van der Waals surface area contributed by atoms with Crippen molar-refractivity contribution in [2.75, 3.05) is 20.3 Å². The first kappa shape index (κ1) is 41.3. The molecule has 0 bridgehead atoms. The molecule has 10 atom stereocenters. The van der Waals surface area contributed by atoms with Crippen LogP contribution in [0.4, 0.5) is 0 Å². The van der Waals surface area contributed by atoms with Gasteiger partial charge in [-0.3, -0.25) is 24.0 Å². The van der Waals surface area contributed by atoms with Crippen molar-refractivity contribution in [2.45, 2.75) is 109 Å². The highest BCUT2D eigenvalue weighted by molar-refractivity contribution is 5.69. The molecule has 0 N–H and O–H groups in total. The van der Waals surface area contributed by atoms with Gasteiger partial charge in [-0.1, -0.05) is 60.7 Å². The van der Waals surface area contributed by atoms with Crippen LogP contribution >= 0.6 is 0 Å². The Balaban J connectivity index is 1.80. The Bertz CT molecular complexity index is 1500. The van der Waals surface area contributed by atoms with Crippen molar-refractivity contribution in [3.8, 4) is 0 Å². The van der Waals surface area contributed by atoms with E-state index in [2.05, 4.69) is 0 Å². The van der Waals surface area contributed by atoms with Crippen molar-refractivity contribution < 1.29 is 76.1 Å². The van der Waals surface area contributed by atoms with Crippen LogP contribution in [0.5, 0.6) is 0 Å². The molecule has 2 aliphatic rings. The monoisotopic (exact) mass is 746 g/mol. The summed E-state index contributed by atoms with van der Waals surface area (Å²) in [6.45, 7) is 5.08. The Morgan fingerprint density at radius 2 is 0.943 bits per heavy atom. The SMILES string of the molecule is CO[C@H]1OC(COC(C)=O)[C@@H](O[C@@H]2OC(COC(C)=O)[C@H](OC(C)=O)[C@H](OC(C)=O)C2OC(C)=O)[C@H](OCc2ccccc2)C1OCc1ccccc1.